The van der Waals surface area contributed by atoms with Gasteiger partial charge in [0.25, 0.3) is 0 Å². The van der Waals surface area contributed by atoms with Crippen LogP contribution >= 0.6 is 0 Å². The highest BCUT2D eigenvalue weighted by Gasteiger charge is 2.58. The highest BCUT2D eigenvalue weighted by atomic mass is 16.8. The lowest BCUT2D eigenvalue weighted by Crippen LogP contribution is -2.63. The Balaban J connectivity index is 1.68. The van der Waals surface area contributed by atoms with E-state index >= 15 is 0 Å². The molecule has 0 N–H and O–H groups in total. The molecule has 0 saturated carbocycles. The van der Waals surface area contributed by atoms with Gasteiger partial charge in [-0.1, -0.05) is 0 Å². The van der Waals surface area contributed by atoms with Crippen LogP contribution in [-0.4, -0.2) is 92.1 Å². The van der Waals surface area contributed by atoms with Gasteiger partial charge in [0.15, 0.2) is 18.3 Å². The zero-order valence-corrected chi connectivity index (χ0v) is 22.9. The molecule has 0 aromatic carbocycles. The van der Waals surface area contributed by atoms with Crippen molar-refractivity contribution in [2.45, 2.75) is 77.7 Å². The van der Waals surface area contributed by atoms with Gasteiger partial charge in [0.2, 0.25) is 12.6 Å². The minimum atomic E-state index is -1.53. The minimum absolute atomic E-state index is 0.139. The molecule has 4 aliphatic rings. The van der Waals surface area contributed by atoms with E-state index in [-0.39, 0.29) is 12.2 Å². The Hall–Kier alpha value is -3.98. The van der Waals surface area contributed by atoms with Crippen molar-refractivity contribution in [1.82, 2.24) is 0 Å². The van der Waals surface area contributed by atoms with Crippen molar-refractivity contribution in [2.75, 3.05) is 13.2 Å². The summed E-state index contributed by atoms with van der Waals surface area (Å²) in [4.78, 5) is 71.6. The first-order valence-electron chi connectivity index (χ1n) is 12.7. The lowest BCUT2D eigenvalue weighted by atomic mass is 9.84. The van der Waals surface area contributed by atoms with Crippen LogP contribution < -0.4 is 0 Å². The first-order valence-corrected chi connectivity index (χ1v) is 12.7. The molecule has 2 saturated heterocycles. The van der Waals surface area contributed by atoms with Gasteiger partial charge >= 0.3 is 35.8 Å². The number of ether oxygens (including phenoxy) is 9. The fraction of sp³-hybridized carbons (Fsp3) is 0.615. The van der Waals surface area contributed by atoms with E-state index in [2.05, 4.69) is 0 Å². The molecule has 0 unspecified atom stereocenters. The van der Waals surface area contributed by atoms with Gasteiger partial charge in [0.05, 0.1) is 17.8 Å². The van der Waals surface area contributed by atoms with Crippen LogP contribution in [0.4, 0.5) is 0 Å². The van der Waals surface area contributed by atoms with E-state index in [0.29, 0.717) is 5.57 Å². The summed E-state index contributed by atoms with van der Waals surface area (Å²) in [7, 11) is 0. The third-order valence-corrected chi connectivity index (χ3v) is 6.67. The predicted molar refractivity (Wildman–Crippen MR) is 128 cm³/mol. The molecule has 9 atom stereocenters. The van der Waals surface area contributed by atoms with Crippen LogP contribution in [0.15, 0.2) is 23.5 Å². The average molecular weight is 583 g/mol. The van der Waals surface area contributed by atoms with Crippen LogP contribution in [0.2, 0.25) is 0 Å². The van der Waals surface area contributed by atoms with E-state index in [1.165, 1.54) is 13.2 Å². The van der Waals surface area contributed by atoms with E-state index in [4.69, 9.17) is 42.6 Å². The SMILES string of the molecule is CC(=O)OCC1=C[C@@H]2OC(=O)C3=CO[C@@H](O[C@@H]4O[C@H](COC(C)=O)[C@@H](OC(C)=O)[C@H](OC(C)=O)[C@H]4OC(C)=O)[C@H]1[C@@H]32. The maximum atomic E-state index is 12.3. The summed E-state index contributed by atoms with van der Waals surface area (Å²) in [6.45, 7) is 5.12. The number of rotatable bonds is 9. The summed E-state index contributed by atoms with van der Waals surface area (Å²) >= 11 is 0. The van der Waals surface area contributed by atoms with Crippen LogP contribution in [-0.2, 0) is 71.4 Å². The largest absolute Gasteiger partial charge is 0.471 e. The molecule has 3 aliphatic heterocycles. The summed E-state index contributed by atoms with van der Waals surface area (Å²) in [5.74, 6) is -5.39. The molecule has 4 rings (SSSR count). The molecule has 1 aliphatic carbocycles. The Kier molecular flexibility index (Phi) is 8.97. The number of carbonyl (C=O) groups is 6. The smallest absolute Gasteiger partial charge is 0.338 e. The predicted octanol–water partition coefficient (Wildman–Crippen LogP) is -0.0128. The molecule has 3 heterocycles. The third-order valence-electron chi connectivity index (χ3n) is 6.67. The van der Waals surface area contributed by atoms with Crippen molar-refractivity contribution in [3.8, 4) is 0 Å². The molecule has 0 amide bonds. The quantitative estimate of drug-likeness (QED) is 0.201. The van der Waals surface area contributed by atoms with Crippen molar-refractivity contribution in [3.63, 3.8) is 0 Å². The zero-order chi connectivity index (χ0) is 30.0. The van der Waals surface area contributed by atoms with Gasteiger partial charge in [-0.3, -0.25) is 24.0 Å². The summed E-state index contributed by atoms with van der Waals surface area (Å²) in [5.41, 5.74) is 0.805. The monoisotopic (exact) mass is 582 g/mol. The molecule has 0 bridgehead atoms. The lowest BCUT2D eigenvalue weighted by molar-refractivity contribution is -0.342. The van der Waals surface area contributed by atoms with E-state index in [1.54, 1.807) is 6.08 Å². The van der Waals surface area contributed by atoms with Crippen LogP contribution in [0.25, 0.3) is 0 Å². The topological polar surface area (TPSA) is 185 Å². The standard InChI is InChI=1S/C26H30O15/c1-10(27)33-7-15-6-17-20-16(24(32)39-17)8-35-25(19(15)20)41-26-23(38-14(5)31)22(37-13(4)30)21(36-12(3)29)18(40-26)9-34-11(2)28/h6,8,17-23,25-26H,7,9H2,1-5H3/t17-,18+,19+,20-,21+,22-,23+,25-,26-/m0/s1. The van der Waals surface area contributed by atoms with Crippen molar-refractivity contribution in [3.05, 3.63) is 23.5 Å². The molecular formula is C26H30O15. The van der Waals surface area contributed by atoms with Gasteiger partial charge in [-0.15, -0.1) is 0 Å². The average Bonchev–Trinajstić information content (AvgIpc) is 3.38. The highest BCUT2D eigenvalue weighted by Crippen LogP contribution is 2.49. The zero-order valence-electron chi connectivity index (χ0n) is 22.9. The maximum absolute atomic E-state index is 12.3. The Morgan fingerprint density at radius 1 is 0.756 bits per heavy atom. The van der Waals surface area contributed by atoms with Crippen LogP contribution in [0.3, 0.4) is 0 Å². The van der Waals surface area contributed by atoms with Crippen LogP contribution in [0.1, 0.15) is 34.6 Å². The number of carbonyl (C=O) groups excluding carboxylic acids is 6. The van der Waals surface area contributed by atoms with E-state index in [1.807, 2.05) is 0 Å². The van der Waals surface area contributed by atoms with Gasteiger partial charge < -0.3 is 42.6 Å². The molecule has 15 nitrogen and oxygen atoms in total. The second kappa shape index (κ2) is 12.3. The molecule has 41 heavy (non-hydrogen) atoms. The van der Waals surface area contributed by atoms with Gasteiger partial charge in [0.1, 0.15) is 25.4 Å². The van der Waals surface area contributed by atoms with Gasteiger partial charge in [-0.2, -0.15) is 0 Å². The Morgan fingerprint density at radius 3 is 1.98 bits per heavy atom. The molecule has 0 aromatic heterocycles. The molecule has 0 radical (unpaired) electrons. The van der Waals surface area contributed by atoms with Gasteiger partial charge in [0, 0.05) is 40.5 Å². The summed E-state index contributed by atoms with van der Waals surface area (Å²) in [6, 6.07) is 0. The highest BCUT2D eigenvalue weighted by molar-refractivity contribution is 5.92. The Bertz CT molecular complexity index is 1170. The molecule has 0 aromatic rings. The van der Waals surface area contributed by atoms with E-state index in [9.17, 15) is 28.8 Å². The number of hydrogen-bond donors (Lipinski definition) is 0. The molecule has 224 valence electrons. The molecular weight excluding hydrogens is 552 g/mol. The molecule has 15 heteroatoms. The third kappa shape index (κ3) is 6.68. The summed E-state index contributed by atoms with van der Waals surface area (Å²) in [6.07, 6.45) is -6.07. The van der Waals surface area contributed by atoms with Crippen molar-refractivity contribution >= 4 is 35.8 Å². The van der Waals surface area contributed by atoms with Crippen molar-refractivity contribution in [2.24, 2.45) is 11.8 Å². The molecule has 2 fully saturated rings. The first kappa shape index (κ1) is 30.0. The van der Waals surface area contributed by atoms with Crippen molar-refractivity contribution < 1.29 is 71.4 Å². The van der Waals surface area contributed by atoms with Gasteiger partial charge in [-0.05, 0) is 11.6 Å². The molecule has 0 spiro atoms. The summed E-state index contributed by atoms with van der Waals surface area (Å²) < 4.78 is 49.8. The Labute approximate surface area is 233 Å². The maximum Gasteiger partial charge on any atom is 0.338 e. The minimum Gasteiger partial charge on any atom is -0.471 e. The fourth-order valence-electron chi connectivity index (χ4n) is 5.24. The fourth-order valence-corrected chi connectivity index (χ4v) is 5.24. The van der Waals surface area contributed by atoms with Crippen molar-refractivity contribution in [1.29, 1.82) is 0 Å². The van der Waals surface area contributed by atoms with Crippen LogP contribution in [0, 0.1) is 11.8 Å². The first-order chi connectivity index (χ1) is 19.3. The Morgan fingerprint density at radius 2 is 1.37 bits per heavy atom. The summed E-state index contributed by atoms with van der Waals surface area (Å²) in [5, 5.41) is 0. The lowest BCUT2D eigenvalue weighted by Gasteiger charge is -2.45. The normalized spacial score (nSPS) is 33.2. The second-order valence-electron chi connectivity index (χ2n) is 9.72. The van der Waals surface area contributed by atoms with Crippen LogP contribution in [0.5, 0.6) is 0 Å². The second-order valence-corrected chi connectivity index (χ2v) is 9.72. The number of hydrogen-bond acceptors (Lipinski definition) is 15. The van der Waals surface area contributed by atoms with E-state index < -0.39 is 97.4 Å². The van der Waals surface area contributed by atoms with Gasteiger partial charge in [-0.25, -0.2) is 4.79 Å². The number of esters is 6. The van der Waals surface area contributed by atoms with E-state index in [0.717, 1.165) is 27.7 Å².